The van der Waals surface area contributed by atoms with Crippen LogP contribution in [0.4, 0.5) is 5.82 Å². The van der Waals surface area contributed by atoms with Gasteiger partial charge in [-0.1, -0.05) is 30.3 Å². The Morgan fingerprint density at radius 3 is 2.59 bits per heavy atom. The summed E-state index contributed by atoms with van der Waals surface area (Å²) in [5.74, 6) is 2.18. The first kappa shape index (κ1) is 20.3. The van der Waals surface area contributed by atoms with Gasteiger partial charge in [0.25, 0.3) is 0 Å². The summed E-state index contributed by atoms with van der Waals surface area (Å²) < 4.78 is 14.9. The van der Waals surface area contributed by atoms with Gasteiger partial charge in [-0.3, -0.25) is 4.68 Å². The van der Waals surface area contributed by atoms with Crippen LogP contribution in [0.15, 0.2) is 61.1 Å². The molecular weight excluding hydrogens is 406 g/mol. The van der Waals surface area contributed by atoms with E-state index in [1.54, 1.807) is 15.6 Å². The van der Waals surface area contributed by atoms with Gasteiger partial charge >= 0.3 is 0 Å². The predicted molar refractivity (Wildman–Crippen MR) is 119 cm³/mol. The van der Waals surface area contributed by atoms with Crippen LogP contribution in [-0.2, 0) is 29.7 Å². The second-order valence-corrected chi connectivity index (χ2v) is 7.63. The minimum absolute atomic E-state index is 0.298. The standard InChI is InChI=1S/C23H25N7O2/c1-28-15-18(14-24-28)16-32-17-21-25-22(29-9-11-31-12-10-29)13-23(26-21)30-8-7-20(27-30)19-5-3-2-4-6-19/h2-8,13-15H,9-12,16-17H2,1H3. The smallest absolute Gasteiger partial charge is 0.159 e. The zero-order chi connectivity index (χ0) is 21.8. The minimum Gasteiger partial charge on any atom is -0.378 e. The van der Waals surface area contributed by atoms with Gasteiger partial charge in [-0.2, -0.15) is 10.2 Å². The molecule has 1 aromatic carbocycles. The summed E-state index contributed by atoms with van der Waals surface area (Å²) in [5, 5.41) is 8.91. The third kappa shape index (κ3) is 4.68. The molecule has 9 nitrogen and oxygen atoms in total. The molecule has 3 aromatic heterocycles. The van der Waals surface area contributed by atoms with Crippen molar-refractivity contribution in [2.24, 2.45) is 7.05 Å². The normalized spacial score (nSPS) is 14.1. The number of aryl methyl sites for hydroxylation is 1. The minimum atomic E-state index is 0.298. The van der Waals surface area contributed by atoms with E-state index in [0.29, 0.717) is 38.1 Å². The molecule has 0 atom stereocenters. The predicted octanol–water partition coefficient (Wildman–Crippen LogP) is 2.62. The average Bonchev–Trinajstić information content (AvgIpc) is 3.50. The third-order valence-corrected chi connectivity index (χ3v) is 5.23. The maximum absolute atomic E-state index is 5.88. The van der Waals surface area contributed by atoms with Gasteiger partial charge in [0.15, 0.2) is 11.6 Å². The number of ether oxygens (including phenoxy) is 2. The van der Waals surface area contributed by atoms with Crippen LogP contribution in [0.5, 0.6) is 0 Å². The Kier molecular flexibility index (Phi) is 5.91. The van der Waals surface area contributed by atoms with Crippen LogP contribution in [0, 0.1) is 0 Å². The van der Waals surface area contributed by atoms with E-state index in [4.69, 9.17) is 24.5 Å². The van der Waals surface area contributed by atoms with Gasteiger partial charge in [-0.25, -0.2) is 14.6 Å². The van der Waals surface area contributed by atoms with E-state index in [1.807, 2.05) is 61.9 Å². The van der Waals surface area contributed by atoms with Crippen LogP contribution in [0.1, 0.15) is 11.4 Å². The fourth-order valence-electron chi connectivity index (χ4n) is 3.63. The molecule has 0 radical (unpaired) electrons. The van der Waals surface area contributed by atoms with Crippen molar-refractivity contribution < 1.29 is 9.47 Å². The van der Waals surface area contributed by atoms with Gasteiger partial charge in [0, 0.05) is 49.7 Å². The van der Waals surface area contributed by atoms with Crippen LogP contribution < -0.4 is 4.90 Å². The Morgan fingerprint density at radius 2 is 1.81 bits per heavy atom. The maximum atomic E-state index is 5.88. The van der Waals surface area contributed by atoms with Crippen LogP contribution >= 0.6 is 0 Å². The van der Waals surface area contributed by atoms with Crippen LogP contribution in [-0.4, -0.2) is 55.8 Å². The molecule has 0 aliphatic carbocycles. The maximum Gasteiger partial charge on any atom is 0.159 e. The molecule has 0 saturated carbocycles. The Bertz CT molecular complexity index is 1170. The SMILES string of the molecule is Cn1cc(COCc2nc(N3CCOCC3)cc(-n3ccc(-c4ccccc4)n3)n2)cn1. The quantitative estimate of drug-likeness (QED) is 0.445. The third-order valence-electron chi connectivity index (χ3n) is 5.23. The lowest BCUT2D eigenvalue weighted by Crippen LogP contribution is -2.37. The molecule has 5 rings (SSSR count). The lowest BCUT2D eigenvalue weighted by molar-refractivity contribution is 0.101. The van der Waals surface area contributed by atoms with E-state index in [1.165, 1.54) is 0 Å². The molecule has 0 unspecified atom stereocenters. The van der Waals surface area contributed by atoms with Crippen molar-refractivity contribution in [1.82, 2.24) is 29.5 Å². The van der Waals surface area contributed by atoms with E-state index in [0.717, 1.165) is 35.7 Å². The van der Waals surface area contributed by atoms with Crippen molar-refractivity contribution in [3.8, 4) is 17.1 Å². The molecule has 1 aliphatic heterocycles. The second kappa shape index (κ2) is 9.29. The molecule has 1 aliphatic rings. The summed E-state index contributed by atoms with van der Waals surface area (Å²) in [5.41, 5.74) is 2.97. The Labute approximate surface area is 186 Å². The number of benzene rings is 1. The highest BCUT2D eigenvalue weighted by atomic mass is 16.5. The summed E-state index contributed by atoms with van der Waals surface area (Å²) in [6.07, 6.45) is 5.66. The second-order valence-electron chi connectivity index (χ2n) is 7.63. The number of anilines is 1. The van der Waals surface area contributed by atoms with Gasteiger partial charge in [-0.15, -0.1) is 0 Å². The van der Waals surface area contributed by atoms with E-state index in [9.17, 15) is 0 Å². The number of morpholine rings is 1. The summed E-state index contributed by atoms with van der Waals surface area (Å²) in [7, 11) is 1.89. The Morgan fingerprint density at radius 1 is 1.00 bits per heavy atom. The summed E-state index contributed by atoms with van der Waals surface area (Å²) in [6.45, 7) is 3.71. The van der Waals surface area contributed by atoms with Crippen molar-refractivity contribution in [1.29, 1.82) is 0 Å². The largest absolute Gasteiger partial charge is 0.378 e. The zero-order valence-corrected chi connectivity index (χ0v) is 18.0. The number of hydrogen-bond donors (Lipinski definition) is 0. The van der Waals surface area contributed by atoms with Gasteiger partial charge < -0.3 is 14.4 Å². The molecule has 0 bridgehead atoms. The Hall–Kier alpha value is -3.56. The first-order chi connectivity index (χ1) is 15.7. The van der Waals surface area contributed by atoms with E-state index in [2.05, 4.69) is 10.00 Å². The summed E-state index contributed by atoms with van der Waals surface area (Å²) in [6, 6.07) is 14.1. The molecule has 0 N–H and O–H groups in total. The Balaban J connectivity index is 1.40. The highest BCUT2D eigenvalue weighted by Gasteiger charge is 2.16. The fraction of sp³-hybridized carbons (Fsp3) is 0.304. The molecular formula is C23H25N7O2. The van der Waals surface area contributed by atoms with Gasteiger partial charge in [0.05, 0.1) is 31.7 Å². The van der Waals surface area contributed by atoms with Crippen molar-refractivity contribution in [3.63, 3.8) is 0 Å². The van der Waals surface area contributed by atoms with Crippen LogP contribution in [0.2, 0.25) is 0 Å². The highest BCUT2D eigenvalue weighted by Crippen LogP contribution is 2.21. The number of nitrogens with zero attached hydrogens (tertiary/aromatic N) is 7. The molecule has 164 valence electrons. The molecule has 4 heterocycles. The first-order valence-corrected chi connectivity index (χ1v) is 10.6. The lowest BCUT2D eigenvalue weighted by atomic mass is 10.2. The topological polar surface area (TPSA) is 83.1 Å². The van der Waals surface area contributed by atoms with Gasteiger partial charge in [0.2, 0.25) is 0 Å². The van der Waals surface area contributed by atoms with Crippen molar-refractivity contribution in [2.45, 2.75) is 13.2 Å². The molecule has 32 heavy (non-hydrogen) atoms. The molecule has 9 heteroatoms. The van der Waals surface area contributed by atoms with Crippen molar-refractivity contribution in [3.05, 3.63) is 72.4 Å². The number of hydrogen-bond acceptors (Lipinski definition) is 7. The van der Waals surface area contributed by atoms with Gasteiger partial charge in [-0.05, 0) is 6.07 Å². The fourth-order valence-corrected chi connectivity index (χ4v) is 3.63. The van der Waals surface area contributed by atoms with E-state index < -0.39 is 0 Å². The summed E-state index contributed by atoms with van der Waals surface area (Å²) in [4.78, 5) is 11.7. The number of rotatable bonds is 7. The molecule has 1 saturated heterocycles. The zero-order valence-electron chi connectivity index (χ0n) is 18.0. The molecule has 1 fully saturated rings. The molecule has 4 aromatic rings. The average molecular weight is 432 g/mol. The first-order valence-electron chi connectivity index (χ1n) is 10.6. The highest BCUT2D eigenvalue weighted by molar-refractivity contribution is 5.58. The lowest BCUT2D eigenvalue weighted by Gasteiger charge is -2.28. The van der Waals surface area contributed by atoms with Crippen molar-refractivity contribution >= 4 is 5.82 Å². The van der Waals surface area contributed by atoms with Crippen LogP contribution in [0.25, 0.3) is 17.1 Å². The summed E-state index contributed by atoms with van der Waals surface area (Å²) >= 11 is 0. The van der Waals surface area contributed by atoms with E-state index in [-0.39, 0.29) is 0 Å². The molecule has 0 amide bonds. The van der Waals surface area contributed by atoms with E-state index >= 15 is 0 Å². The number of aromatic nitrogens is 6. The van der Waals surface area contributed by atoms with Crippen molar-refractivity contribution in [2.75, 3.05) is 31.2 Å². The monoisotopic (exact) mass is 431 g/mol. The molecule has 0 spiro atoms. The van der Waals surface area contributed by atoms with Gasteiger partial charge in [0.1, 0.15) is 12.4 Å². The van der Waals surface area contributed by atoms with Crippen LogP contribution in [0.3, 0.4) is 0 Å².